The first-order valence-electron chi connectivity index (χ1n) is 8.16. The number of aromatic nitrogens is 2. The number of benzene rings is 2. The highest BCUT2D eigenvalue weighted by molar-refractivity contribution is 5.98. The van der Waals surface area contributed by atoms with Crippen molar-refractivity contribution in [2.24, 2.45) is 7.05 Å². The number of carbonyl (C=O) groups excluding carboxylic acids is 2. The first-order valence-corrected chi connectivity index (χ1v) is 8.16. The van der Waals surface area contributed by atoms with Crippen molar-refractivity contribution in [3.8, 4) is 0 Å². The summed E-state index contributed by atoms with van der Waals surface area (Å²) in [5.74, 6) is -0.835. The zero-order valence-electron chi connectivity index (χ0n) is 14.6. The van der Waals surface area contributed by atoms with Gasteiger partial charge in [0.05, 0.1) is 17.5 Å². The van der Waals surface area contributed by atoms with Crippen molar-refractivity contribution in [2.45, 2.75) is 13.3 Å². The zero-order chi connectivity index (χ0) is 18.7. The fourth-order valence-corrected chi connectivity index (χ4v) is 2.66. The van der Waals surface area contributed by atoms with Crippen LogP contribution in [0.5, 0.6) is 0 Å². The van der Waals surface area contributed by atoms with Gasteiger partial charge in [-0.1, -0.05) is 48.0 Å². The molecule has 0 aliphatic heterocycles. The third kappa shape index (κ3) is 3.69. The molecule has 0 amide bonds. The summed E-state index contributed by atoms with van der Waals surface area (Å²) in [5.41, 5.74) is 1.75. The Morgan fingerprint density at radius 2 is 1.69 bits per heavy atom. The van der Waals surface area contributed by atoms with E-state index < -0.39 is 5.97 Å². The lowest BCUT2D eigenvalue weighted by Crippen LogP contribution is -2.23. The van der Waals surface area contributed by atoms with E-state index >= 15 is 0 Å². The third-order valence-electron chi connectivity index (χ3n) is 4.08. The molecule has 6 nitrogen and oxygen atoms in total. The molecule has 0 fully saturated rings. The molecule has 0 aliphatic rings. The van der Waals surface area contributed by atoms with E-state index in [4.69, 9.17) is 4.74 Å². The van der Waals surface area contributed by atoms with Crippen LogP contribution in [-0.2, 0) is 23.0 Å². The van der Waals surface area contributed by atoms with Gasteiger partial charge in [0.2, 0.25) is 0 Å². The van der Waals surface area contributed by atoms with Crippen LogP contribution in [0.2, 0.25) is 0 Å². The lowest BCUT2D eigenvalue weighted by Gasteiger charge is -2.08. The summed E-state index contributed by atoms with van der Waals surface area (Å²) in [7, 11) is 1.53. The molecule has 3 aromatic rings. The van der Waals surface area contributed by atoms with Gasteiger partial charge < -0.3 is 4.74 Å². The van der Waals surface area contributed by atoms with Crippen molar-refractivity contribution in [1.82, 2.24) is 9.78 Å². The zero-order valence-corrected chi connectivity index (χ0v) is 14.6. The lowest BCUT2D eigenvalue weighted by molar-refractivity contribution is -0.141. The largest absolute Gasteiger partial charge is 0.457 e. The van der Waals surface area contributed by atoms with Gasteiger partial charge in [-0.3, -0.25) is 14.4 Å². The van der Waals surface area contributed by atoms with Gasteiger partial charge in [-0.25, -0.2) is 4.68 Å². The molecule has 2 aromatic carbocycles. The maximum atomic E-state index is 12.1. The predicted molar refractivity (Wildman–Crippen MR) is 97.2 cm³/mol. The molecule has 1 heterocycles. The predicted octanol–water partition coefficient (Wildman–Crippen LogP) is 2.21. The lowest BCUT2D eigenvalue weighted by atomic mass is 10.1. The van der Waals surface area contributed by atoms with Gasteiger partial charge in [-0.15, -0.1) is 0 Å². The average molecular weight is 350 g/mol. The number of carbonyl (C=O) groups is 2. The van der Waals surface area contributed by atoms with Crippen molar-refractivity contribution in [3.05, 3.63) is 75.7 Å². The van der Waals surface area contributed by atoms with Crippen LogP contribution in [0.15, 0.2) is 53.3 Å². The summed E-state index contributed by atoms with van der Waals surface area (Å²) >= 11 is 0. The number of hydrogen-bond acceptors (Lipinski definition) is 5. The number of fused-ring (bicyclic) bond motifs is 1. The van der Waals surface area contributed by atoms with Gasteiger partial charge >= 0.3 is 5.97 Å². The molecule has 0 N–H and O–H groups in total. The van der Waals surface area contributed by atoms with Crippen LogP contribution in [0.25, 0.3) is 10.8 Å². The second-order valence-electron chi connectivity index (χ2n) is 6.05. The number of aryl methyl sites for hydroxylation is 2. The van der Waals surface area contributed by atoms with E-state index in [1.54, 1.807) is 36.4 Å². The fraction of sp³-hybridized carbons (Fsp3) is 0.200. The second-order valence-corrected chi connectivity index (χ2v) is 6.05. The van der Waals surface area contributed by atoms with Crippen LogP contribution in [-0.4, -0.2) is 28.1 Å². The Bertz CT molecular complexity index is 1040. The Morgan fingerprint density at radius 1 is 1.04 bits per heavy atom. The van der Waals surface area contributed by atoms with E-state index in [0.717, 1.165) is 5.56 Å². The molecular formula is C20H18N2O4. The Hall–Kier alpha value is -3.28. The van der Waals surface area contributed by atoms with E-state index in [2.05, 4.69) is 5.10 Å². The number of nitrogens with zero attached hydrogens (tertiary/aromatic N) is 2. The normalized spacial score (nSPS) is 10.7. The number of ether oxygens (including phenoxy) is 1. The third-order valence-corrected chi connectivity index (χ3v) is 4.08. The van der Waals surface area contributed by atoms with Crippen LogP contribution in [0.3, 0.4) is 0 Å². The standard InChI is InChI=1S/C20H18N2O4/c1-13-7-9-14(10-8-13)18(23)12-26-19(24)11-17-15-5-3-4-6-16(15)20(25)22(2)21-17/h3-10H,11-12H2,1-2H3. The van der Waals surface area contributed by atoms with Gasteiger partial charge in [-0.2, -0.15) is 5.10 Å². The van der Waals surface area contributed by atoms with E-state index in [0.29, 0.717) is 22.0 Å². The number of ketones is 1. The SMILES string of the molecule is Cc1ccc(C(=O)COC(=O)Cc2nn(C)c(=O)c3ccccc23)cc1. The van der Waals surface area contributed by atoms with Crippen molar-refractivity contribution >= 4 is 22.5 Å². The minimum absolute atomic E-state index is 0.115. The number of hydrogen-bond donors (Lipinski definition) is 0. The summed E-state index contributed by atoms with van der Waals surface area (Å²) in [6.45, 7) is 1.60. The van der Waals surface area contributed by atoms with Crippen molar-refractivity contribution in [2.75, 3.05) is 6.61 Å². The molecular weight excluding hydrogens is 332 g/mol. The summed E-state index contributed by atoms with van der Waals surface area (Å²) < 4.78 is 6.29. The fourth-order valence-electron chi connectivity index (χ4n) is 2.66. The van der Waals surface area contributed by atoms with E-state index in [1.807, 2.05) is 19.1 Å². The highest BCUT2D eigenvalue weighted by Gasteiger charge is 2.15. The maximum Gasteiger partial charge on any atom is 0.312 e. The molecule has 132 valence electrons. The molecule has 1 aromatic heterocycles. The molecule has 26 heavy (non-hydrogen) atoms. The monoisotopic (exact) mass is 350 g/mol. The molecule has 0 spiro atoms. The molecule has 0 atom stereocenters. The van der Waals surface area contributed by atoms with Crippen molar-refractivity contribution in [1.29, 1.82) is 0 Å². The van der Waals surface area contributed by atoms with E-state index in [-0.39, 0.29) is 24.4 Å². The summed E-state index contributed by atoms with van der Waals surface area (Å²) in [6.07, 6.45) is -0.115. The van der Waals surface area contributed by atoms with E-state index in [9.17, 15) is 14.4 Å². The van der Waals surface area contributed by atoms with Gasteiger partial charge in [0.1, 0.15) is 0 Å². The summed E-state index contributed by atoms with van der Waals surface area (Å²) in [5, 5.41) is 5.25. The summed E-state index contributed by atoms with van der Waals surface area (Å²) in [6, 6.07) is 14.0. The quantitative estimate of drug-likeness (QED) is 0.521. The van der Waals surface area contributed by atoms with Gasteiger partial charge in [0.25, 0.3) is 5.56 Å². The molecule has 0 saturated carbocycles. The highest BCUT2D eigenvalue weighted by atomic mass is 16.5. The highest BCUT2D eigenvalue weighted by Crippen LogP contribution is 2.14. The topological polar surface area (TPSA) is 78.3 Å². The first kappa shape index (κ1) is 17.5. The van der Waals surface area contributed by atoms with Crippen molar-refractivity contribution < 1.29 is 14.3 Å². The van der Waals surface area contributed by atoms with Crippen molar-refractivity contribution in [3.63, 3.8) is 0 Å². The van der Waals surface area contributed by atoms with Crippen LogP contribution in [0, 0.1) is 6.92 Å². The second kappa shape index (κ2) is 7.31. The molecule has 0 unspecified atom stereocenters. The number of esters is 1. The van der Waals surface area contributed by atoms with Gasteiger partial charge in [0.15, 0.2) is 12.4 Å². The van der Waals surface area contributed by atoms with Gasteiger partial charge in [0, 0.05) is 18.0 Å². The first-order chi connectivity index (χ1) is 12.5. The van der Waals surface area contributed by atoms with Crippen LogP contribution < -0.4 is 5.56 Å². The van der Waals surface area contributed by atoms with Crippen LogP contribution in [0.1, 0.15) is 21.6 Å². The molecule has 3 rings (SSSR count). The molecule has 0 radical (unpaired) electrons. The Kier molecular flexibility index (Phi) is 4.93. The minimum Gasteiger partial charge on any atom is -0.457 e. The molecule has 0 bridgehead atoms. The van der Waals surface area contributed by atoms with Crippen LogP contribution in [0.4, 0.5) is 0 Å². The molecule has 6 heteroatoms. The number of rotatable bonds is 5. The Balaban J connectivity index is 1.72. The molecule has 0 aliphatic carbocycles. The summed E-state index contributed by atoms with van der Waals surface area (Å²) in [4.78, 5) is 36.3. The smallest absolute Gasteiger partial charge is 0.312 e. The number of Topliss-reactive ketones (excluding diaryl/α,β-unsaturated/α-hetero) is 1. The maximum absolute atomic E-state index is 12.1. The average Bonchev–Trinajstić information content (AvgIpc) is 2.64. The van der Waals surface area contributed by atoms with Crippen LogP contribution >= 0.6 is 0 Å². The molecule has 0 saturated heterocycles. The van der Waals surface area contributed by atoms with Gasteiger partial charge in [-0.05, 0) is 13.0 Å². The van der Waals surface area contributed by atoms with E-state index in [1.165, 1.54) is 11.7 Å². The Labute approximate surface area is 150 Å². The Morgan fingerprint density at radius 3 is 2.38 bits per heavy atom. The minimum atomic E-state index is -0.568.